The topological polar surface area (TPSA) is 68.7 Å². The van der Waals surface area contributed by atoms with E-state index in [1.807, 2.05) is 0 Å². The molecule has 1 aliphatic carbocycles. The number of pyridine rings is 1. The van der Waals surface area contributed by atoms with Crippen LogP contribution < -0.4 is 10.2 Å². The molecule has 0 fully saturated rings. The number of carboxylic acid groups (broad SMARTS) is 1. The quantitative estimate of drug-likeness (QED) is 0.514. The molecular weight excluding hydrogens is 436 g/mol. The number of nitrogens with zero attached hydrogens (tertiary/aromatic N) is 3. The number of carbonyl (C=O) groups is 1. The SMILES string of the molecule is CN1CC=C(c2ccc(N(C)c3ccc4c(c3)CCC4)cc2)CC1.CNc1cnccc1C(=O)O. The Hall–Kier alpha value is -3.64. The number of likely N-dealkylation sites (N-methyl/N-ethyl adjacent to an activating group) is 1. The van der Waals surface area contributed by atoms with Crippen LogP contribution in [0.5, 0.6) is 0 Å². The first-order valence-electron chi connectivity index (χ1n) is 12.1. The lowest BCUT2D eigenvalue weighted by Gasteiger charge is -2.23. The zero-order valence-corrected chi connectivity index (χ0v) is 20.8. The monoisotopic (exact) mass is 470 g/mol. The number of fused-ring (bicyclic) bond motifs is 1. The van der Waals surface area contributed by atoms with E-state index in [4.69, 9.17) is 5.11 Å². The van der Waals surface area contributed by atoms with Gasteiger partial charge in [-0.1, -0.05) is 24.3 Å². The van der Waals surface area contributed by atoms with Gasteiger partial charge in [0.2, 0.25) is 0 Å². The van der Waals surface area contributed by atoms with Crippen LogP contribution in [0, 0.1) is 0 Å². The molecule has 2 N–H and O–H groups in total. The van der Waals surface area contributed by atoms with Gasteiger partial charge in [-0.15, -0.1) is 0 Å². The van der Waals surface area contributed by atoms with Crippen LogP contribution in [0.2, 0.25) is 0 Å². The molecule has 5 rings (SSSR count). The van der Waals surface area contributed by atoms with Gasteiger partial charge >= 0.3 is 5.97 Å². The van der Waals surface area contributed by atoms with Gasteiger partial charge in [0, 0.05) is 44.8 Å². The second-order valence-electron chi connectivity index (χ2n) is 9.13. The van der Waals surface area contributed by atoms with Gasteiger partial charge < -0.3 is 20.2 Å². The number of aryl methyl sites for hydroxylation is 2. The average Bonchev–Trinajstić information content (AvgIpc) is 3.37. The largest absolute Gasteiger partial charge is 0.478 e. The molecule has 2 aromatic carbocycles. The number of hydrogen-bond acceptors (Lipinski definition) is 5. The Balaban J connectivity index is 0.000000221. The highest BCUT2D eigenvalue weighted by Crippen LogP contribution is 2.31. The molecule has 0 spiro atoms. The molecule has 0 bridgehead atoms. The van der Waals surface area contributed by atoms with Crippen molar-refractivity contribution in [2.45, 2.75) is 25.7 Å². The van der Waals surface area contributed by atoms with E-state index in [2.05, 4.69) is 82.7 Å². The minimum absolute atomic E-state index is 0.238. The molecule has 2 heterocycles. The molecular formula is C29H34N4O2. The highest BCUT2D eigenvalue weighted by Gasteiger charge is 2.14. The summed E-state index contributed by atoms with van der Waals surface area (Å²) in [5.41, 5.74) is 9.24. The zero-order valence-electron chi connectivity index (χ0n) is 20.8. The molecule has 1 aliphatic heterocycles. The highest BCUT2D eigenvalue weighted by molar-refractivity contribution is 5.93. The molecule has 3 aromatic rings. The van der Waals surface area contributed by atoms with Crippen LogP contribution in [0.4, 0.5) is 17.1 Å². The summed E-state index contributed by atoms with van der Waals surface area (Å²) < 4.78 is 0. The predicted octanol–water partition coefficient (Wildman–Crippen LogP) is 5.48. The van der Waals surface area contributed by atoms with E-state index in [1.54, 1.807) is 7.05 Å². The normalized spacial score (nSPS) is 14.9. The van der Waals surface area contributed by atoms with E-state index in [1.165, 1.54) is 71.4 Å². The van der Waals surface area contributed by atoms with Gasteiger partial charge in [0.05, 0.1) is 17.4 Å². The zero-order chi connectivity index (χ0) is 24.8. The molecule has 1 aromatic heterocycles. The number of rotatable bonds is 5. The van der Waals surface area contributed by atoms with Crippen molar-refractivity contribution < 1.29 is 9.90 Å². The molecule has 0 amide bonds. The molecule has 0 atom stereocenters. The van der Waals surface area contributed by atoms with Crippen LogP contribution in [0.3, 0.4) is 0 Å². The maximum absolute atomic E-state index is 10.5. The van der Waals surface area contributed by atoms with Crippen molar-refractivity contribution >= 4 is 28.6 Å². The fourth-order valence-electron chi connectivity index (χ4n) is 4.63. The van der Waals surface area contributed by atoms with Gasteiger partial charge in [0.25, 0.3) is 0 Å². The lowest BCUT2D eigenvalue weighted by Crippen LogP contribution is -2.23. The Bertz CT molecular complexity index is 1200. The lowest BCUT2D eigenvalue weighted by atomic mass is 9.99. The van der Waals surface area contributed by atoms with Gasteiger partial charge in [0.1, 0.15) is 0 Å². The van der Waals surface area contributed by atoms with E-state index in [0.29, 0.717) is 5.69 Å². The summed E-state index contributed by atoms with van der Waals surface area (Å²) >= 11 is 0. The van der Waals surface area contributed by atoms with Crippen molar-refractivity contribution in [1.29, 1.82) is 0 Å². The summed E-state index contributed by atoms with van der Waals surface area (Å²) in [4.78, 5) is 18.9. The van der Waals surface area contributed by atoms with Gasteiger partial charge in [-0.05, 0) is 85.3 Å². The van der Waals surface area contributed by atoms with Gasteiger partial charge in [-0.25, -0.2) is 4.79 Å². The Morgan fingerprint density at radius 2 is 1.77 bits per heavy atom. The maximum atomic E-state index is 10.5. The molecule has 0 saturated carbocycles. The van der Waals surface area contributed by atoms with Crippen molar-refractivity contribution in [3.05, 3.63) is 89.3 Å². The molecule has 6 nitrogen and oxygen atoms in total. The van der Waals surface area contributed by atoms with Crippen molar-refractivity contribution in [2.24, 2.45) is 0 Å². The summed E-state index contributed by atoms with van der Waals surface area (Å²) in [6, 6.07) is 17.4. The second kappa shape index (κ2) is 11.2. The van der Waals surface area contributed by atoms with Crippen LogP contribution in [-0.4, -0.2) is 55.2 Å². The summed E-state index contributed by atoms with van der Waals surface area (Å²) in [6.45, 7) is 2.22. The number of aromatic nitrogens is 1. The Labute approximate surface area is 207 Å². The molecule has 6 heteroatoms. The van der Waals surface area contributed by atoms with E-state index in [-0.39, 0.29) is 5.56 Å². The van der Waals surface area contributed by atoms with Crippen LogP contribution in [-0.2, 0) is 12.8 Å². The van der Waals surface area contributed by atoms with Gasteiger partial charge in [-0.3, -0.25) is 4.98 Å². The number of hydrogen-bond donors (Lipinski definition) is 2. The van der Waals surface area contributed by atoms with Crippen LogP contribution >= 0.6 is 0 Å². The Morgan fingerprint density at radius 1 is 1.03 bits per heavy atom. The second-order valence-corrected chi connectivity index (χ2v) is 9.13. The number of benzene rings is 2. The number of aromatic carboxylic acids is 1. The van der Waals surface area contributed by atoms with E-state index in [9.17, 15) is 4.79 Å². The molecule has 0 radical (unpaired) electrons. The number of anilines is 3. The van der Waals surface area contributed by atoms with E-state index < -0.39 is 5.97 Å². The Kier molecular flexibility index (Phi) is 7.83. The highest BCUT2D eigenvalue weighted by atomic mass is 16.4. The van der Waals surface area contributed by atoms with Gasteiger partial charge in [-0.2, -0.15) is 0 Å². The smallest absolute Gasteiger partial charge is 0.337 e. The third kappa shape index (κ3) is 5.89. The molecule has 0 saturated heterocycles. The minimum atomic E-state index is -0.947. The fourth-order valence-corrected chi connectivity index (χ4v) is 4.63. The van der Waals surface area contributed by atoms with E-state index in [0.717, 1.165) is 19.5 Å². The van der Waals surface area contributed by atoms with Gasteiger partial charge in [0.15, 0.2) is 0 Å². The molecule has 182 valence electrons. The predicted molar refractivity (Wildman–Crippen MR) is 144 cm³/mol. The number of carboxylic acids is 1. The van der Waals surface area contributed by atoms with Crippen molar-refractivity contribution in [1.82, 2.24) is 9.88 Å². The van der Waals surface area contributed by atoms with Crippen LogP contribution in [0.1, 0.15) is 39.9 Å². The van der Waals surface area contributed by atoms with Crippen molar-refractivity contribution in [2.75, 3.05) is 44.4 Å². The first kappa shape index (κ1) is 24.5. The summed E-state index contributed by atoms with van der Waals surface area (Å²) in [6.07, 6.45) is 10.2. The standard InChI is InChI=1S/C22H26N2.C7H8N2O2/c1-23-14-12-19(13-15-23)18-6-9-21(10-7-18)24(2)22-11-8-17-4-3-5-20(17)16-22;1-8-6-4-9-3-2-5(6)7(10)11/h6-12,16H,3-5,13-15H2,1-2H3;2-4,8H,1H3,(H,10,11). The number of nitrogens with one attached hydrogen (secondary N) is 1. The summed E-state index contributed by atoms with van der Waals surface area (Å²) in [7, 11) is 6.01. The van der Waals surface area contributed by atoms with Crippen molar-refractivity contribution in [3.63, 3.8) is 0 Å². The Morgan fingerprint density at radius 3 is 2.43 bits per heavy atom. The van der Waals surface area contributed by atoms with Crippen LogP contribution in [0.15, 0.2) is 67.0 Å². The minimum Gasteiger partial charge on any atom is -0.478 e. The molecule has 0 unspecified atom stereocenters. The average molecular weight is 471 g/mol. The summed E-state index contributed by atoms with van der Waals surface area (Å²) in [5, 5.41) is 11.4. The third-order valence-corrected chi connectivity index (χ3v) is 6.83. The fraction of sp³-hybridized carbons (Fsp3) is 0.310. The maximum Gasteiger partial charge on any atom is 0.337 e. The molecule has 2 aliphatic rings. The third-order valence-electron chi connectivity index (χ3n) is 6.83. The lowest BCUT2D eigenvalue weighted by molar-refractivity contribution is 0.0698. The summed E-state index contributed by atoms with van der Waals surface area (Å²) in [5.74, 6) is -0.947. The van der Waals surface area contributed by atoms with Crippen LogP contribution in [0.25, 0.3) is 5.57 Å². The first-order valence-corrected chi connectivity index (χ1v) is 12.1. The van der Waals surface area contributed by atoms with E-state index >= 15 is 0 Å². The molecule has 35 heavy (non-hydrogen) atoms. The first-order chi connectivity index (χ1) is 17.0. The van der Waals surface area contributed by atoms with Crippen molar-refractivity contribution in [3.8, 4) is 0 Å².